The minimum Gasteiger partial charge on any atom is -0.366 e. The van der Waals surface area contributed by atoms with Crippen molar-refractivity contribution in [3.8, 4) is 6.07 Å². The van der Waals surface area contributed by atoms with Crippen molar-refractivity contribution in [1.29, 1.82) is 5.26 Å². The first-order valence-corrected chi connectivity index (χ1v) is 8.48. The van der Waals surface area contributed by atoms with Crippen LogP contribution in [-0.2, 0) is 6.54 Å². The Morgan fingerprint density at radius 2 is 1.81 bits per heavy atom. The summed E-state index contributed by atoms with van der Waals surface area (Å²) in [7, 11) is 0. The quantitative estimate of drug-likeness (QED) is 0.558. The third kappa shape index (κ3) is 3.99. The maximum Gasteiger partial charge on any atom is 0.229 e. The van der Waals surface area contributed by atoms with Crippen LogP contribution in [0.3, 0.4) is 0 Å². The minimum absolute atomic E-state index is 0.487. The highest BCUT2D eigenvalue weighted by Crippen LogP contribution is 2.16. The first kappa shape index (κ1) is 16.5. The molecular weight excluding hydrogens is 336 g/mol. The lowest BCUT2D eigenvalue weighted by atomic mass is 10.1. The average molecular weight is 352 g/mol. The minimum atomic E-state index is 0.487. The van der Waals surface area contributed by atoms with E-state index in [0.717, 1.165) is 22.2 Å². The van der Waals surface area contributed by atoms with Gasteiger partial charge in [-0.15, -0.1) is 0 Å². The molecule has 0 aliphatic rings. The van der Waals surface area contributed by atoms with E-state index < -0.39 is 0 Å². The second-order valence-electron chi connectivity index (χ2n) is 5.97. The number of hydrogen-bond donors (Lipinski definition) is 2. The van der Waals surface area contributed by atoms with Gasteiger partial charge >= 0.3 is 0 Å². The molecule has 4 aromatic rings. The van der Waals surface area contributed by atoms with Gasteiger partial charge in [0, 0.05) is 30.0 Å². The van der Waals surface area contributed by atoms with Crippen molar-refractivity contribution in [3.63, 3.8) is 0 Å². The normalized spacial score (nSPS) is 10.3. The van der Waals surface area contributed by atoms with E-state index in [4.69, 9.17) is 5.26 Å². The summed E-state index contributed by atoms with van der Waals surface area (Å²) in [5, 5.41) is 16.4. The molecule has 0 saturated carbocycles. The Morgan fingerprint density at radius 1 is 0.963 bits per heavy atom. The number of benzene rings is 2. The smallest absolute Gasteiger partial charge is 0.229 e. The molecule has 6 nitrogen and oxygen atoms in total. The molecule has 2 aromatic heterocycles. The van der Waals surface area contributed by atoms with Crippen molar-refractivity contribution < 1.29 is 0 Å². The van der Waals surface area contributed by atoms with E-state index in [-0.39, 0.29) is 0 Å². The fourth-order valence-electron chi connectivity index (χ4n) is 2.68. The van der Waals surface area contributed by atoms with Gasteiger partial charge in [0.15, 0.2) is 0 Å². The molecule has 0 atom stereocenters. The predicted molar refractivity (Wildman–Crippen MR) is 106 cm³/mol. The number of nitrogens with one attached hydrogen (secondary N) is 2. The van der Waals surface area contributed by atoms with Gasteiger partial charge in [0.05, 0.1) is 17.1 Å². The Bertz CT molecular complexity index is 1120. The summed E-state index contributed by atoms with van der Waals surface area (Å²) in [5.41, 5.74) is 3.50. The summed E-state index contributed by atoms with van der Waals surface area (Å²) >= 11 is 0. The van der Waals surface area contributed by atoms with E-state index in [1.807, 2.05) is 42.6 Å². The number of nitriles is 1. The van der Waals surface area contributed by atoms with Crippen molar-refractivity contribution >= 4 is 28.4 Å². The monoisotopic (exact) mass is 352 g/mol. The largest absolute Gasteiger partial charge is 0.366 e. The van der Waals surface area contributed by atoms with Crippen LogP contribution < -0.4 is 10.6 Å². The van der Waals surface area contributed by atoms with Crippen molar-refractivity contribution in [2.75, 3.05) is 10.6 Å². The van der Waals surface area contributed by atoms with Gasteiger partial charge in [-0.2, -0.15) is 10.2 Å². The topological polar surface area (TPSA) is 86.5 Å². The number of anilines is 3. The highest BCUT2D eigenvalue weighted by molar-refractivity contribution is 5.78. The van der Waals surface area contributed by atoms with E-state index in [2.05, 4.69) is 43.8 Å². The lowest BCUT2D eigenvalue weighted by Gasteiger charge is -2.09. The number of fused-ring (bicyclic) bond motifs is 1. The van der Waals surface area contributed by atoms with Crippen molar-refractivity contribution in [1.82, 2.24) is 15.0 Å². The van der Waals surface area contributed by atoms with Gasteiger partial charge in [0.25, 0.3) is 0 Å². The Hall–Kier alpha value is -3.98. The molecular formula is C21H16N6. The molecule has 0 unspecified atom stereocenters. The van der Waals surface area contributed by atoms with Crippen LogP contribution in [0, 0.1) is 11.3 Å². The van der Waals surface area contributed by atoms with E-state index in [1.54, 1.807) is 18.3 Å². The molecule has 2 N–H and O–H groups in total. The third-order valence-corrected chi connectivity index (χ3v) is 4.05. The third-order valence-electron chi connectivity index (χ3n) is 4.05. The summed E-state index contributed by atoms with van der Waals surface area (Å²) in [5.74, 6) is 1.20. The lowest BCUT2D eigenvalue weighted by Crippen LogP contribution is -2.04. The molecule has 0 spiro atoms. The van der Waals surface area contributed by atoms with Crippen LogP contribution in [0.25, 0.3) is 10.9 Å². The first-order valence-electron chi connectivity index (χ1n) is 8.48. The van der Waals surface area contributed by atoms with E-state index in [0.29, 0.717) is 23.9 Å². The molecule has 2 aromatic carbocycles. The number of nitrogens with zero attached hydrogens (tertiary/aromatic N) is 4. The van der Waals surface area contributed by atoms with Crippen LogP contribution >= 0.6 is 0 Å². The van der Waals surface area contributed by atoms with Crippen molar-refractivity contribution in [2.24, 2.45) is 0 Å². The van der Waals surface area contributed by atoms with Gasteiger partial charge < -0.3 is 10.6 Å². The standard InChI is InChI=1S/C21H16N6/c22-12-15-5-7-18(8-6-15)26-21-23-10-9-20(27-21)25-14-16-11-17-3-1-2-4-19(17)24-13-16/h1-11,13H,14H2,(H2,23,25,26,27). The molecule has 0 aliphatic heterocycles. The Morgan fingerprint density at radius 3 is 2.67 bits per heavy atom. The van der Waals surface area contributed by atoms with E-state index >= 15 is 0 Å². The van der Waals surface area contributed by atoms with Gasteiger partial charge in [-0.05, 0) is 48.0 Å². The molecule has 130 valence electrons. The zero-order valence-electron chi connectivity index (χ0n) is 14.4. The number of rotatable bonds is 5. The summed E-state index contributed by atoms with van der Waals surface area (Å²) in [6.07, 6.45) is 3.56. The molecule has 6 heteroatoms. The molecule has 0 amide bonds. The molecule has 0 saturated heterocycles. The van der Waals surface area contributed by atoms with Crippen molar-refractivity contribution in [2.45, 2.75) is 6.54 Å². The second kappa shape index (κ2) is 7.50. The zero-order chi connectivity index (χ0) is 18.5. The van der Waals surface area contributed by atoms with Crippen LogP contribution in [-0.4, -0.2) is 15.0 Å². The van der Waals surface area contributed by atoms with Gasteiger partial charge in [-0.25, -0.2) is 4.98 Å². The SMILES string of the molecule is N#Cc1ccc(Nc2nccc(NCc3cnc4ccccc4c3)n2)cc1. The average Bonchev–Trinajstić information content (AvgIpc) is 2.73. The summed E-state index contributed by atoms with van der Waals surface area (Å²) in [6, 6.07) is 21.2. The number of aromatic nitrogens is 3. The predicted octanol–water partition coefficient (Wildman–Crippen LogP) is 4.25. The fraction of sp³-hybridized carbons (Fsp3) is 0.0476. The van der Waals surface area contributed by atoms with Gasteiger partial charge in [-0.1, -0.05) is 18.2 Å². The van der Waals surface area contributed by atoms with Gasteiger partial charge in [0.2, 0.25) is 5.95 Å². The Balaban J connectivity index is 1.44. The summed E-state index contributed by atoms with van der Waals surface area (Å²) in [6.45, 7) is 0.616. The fourth-order valence-corrected chi connectivity index (χ4v) is 2.68. The van der Waals surface area contributed by atoms with Gasteiger partial charge in [-0.3, -0.25) is 4.98 Å². The molecule has 0 bridgehead atoms. The first-order chi connectivity index (χ1) is 13.3. The van der Waals surface area contributed by atoms with Crippen LogP contribution in [0.1, 0.15) is 11.1 Å². The maximum atomic E-state index is 8.86. The van der Waals surface area contributed by atoms with Crippen LogP contribution in [0.2, 0.25) is 0 Å². The molecule has 27 heavy (non-hydrogen) atoms. The molecule has 4 rings (SSSR count). The van der Waals surface area contributed by atoms with Crippen LogP contribution in [0.4, 0.5) is 17.5 Å². The number of pyridine rings is 1. The molecule has 0 radical (unpaired) electrons. The second-order valence-corrected chi connectivity index (χ2v) is 5.97. The Labute approximate surface area is 156 Å². The highest BCUT2D eigenvalue weighted by atomic mass is 15.1. The zero-order valence-corrected chi connectivity index (χ0v) is 14.4. The van der Waals surface area contributed by atoms with Gasteiger partial charge in [0.1, 0.15) is 5.82 Å². The molecule has 0 aliphatic carbocycles. The number of para-hydroxylation sites is 1. The van der Waals surface area contributed by atoms with E-state index in [9.17, 15) is 0 Å². The molecule has 2 heterocycles. The summed E-state index contributed by atoms with van der Waals surface area (Å²) in [4.78, 5) is 13.2. The van der Waals surface area contributed by atoms with Crippen molar-refractivity contribution in [3.05, 3.63) is 84.2 Å². The van der Waals surface area contributed by atoms with E-state index in [1.165, 1.54) is 0 Å². The van der Waals surface area contributed by atoms with Crippen LogP contribution in [0.5, 0.6) is 0 Å². The van der Waals surface area contributed by atoms with Crippen LogP contribution in [0.15, 0.2) is 73.1 Å². The lowest BCUT2D eigenvalue weighted by molar-refractivity contribution is 1.08. The maximum absolute atomic E-state index is 8.86. The molecule has 0 fully saturated rings. The summed E-state index contributed by atoms with van der Waals surface area (Å²) < 4.78 is 0. The number of hydrogen-bond acceptors (Lipinski definition) is 6. The highest BCUT2D eigenvalue weighted by Gasteiger charge is 2.02. The Kier molecular flexibility index (Phi) is 4.58.